The fraction of sp³-hybridized carbons (Fsp3) is 0.273. The summed E-state index contributed by atoms with van der Waals surface area (Å²) in [5, 5.41) is 3.96. The average Bonchev–Trinajstić information content (AvgIpc) is 3.26. The van der Waals surface area contributed by atoms with Gasteiger partial charge < -0.3 is 9.26 Å². The van der Waals surface area contributed by atoms with Crippen molar-refractivity contribution >= 4 is 11.8 Å². The van der Waals surface area contributed by atoms with Crippen molar-refractivity contribution < 1.29 is 18.8 Å². The van der Waals surface area contributed by atoms with E-state index in [4.69, 9.17) is 9.26 Å². The van der Waals surface area contributed by atoms with Crippen LogP contribution in [0.1, 0.15) is 41.6 Å². The molecule has 0 fully saturated rings. The molecule has 0 saturated carbocycles. The number of hydrogen-bond donors (Lipinski definition) is 2. The molecule has 2 aromatic carbocycles. The Labute approximate surface area is 174 Å². The Hall–Kier alpha value is -3.68. The Kier molecular flexibility index (Phi) is 7.15. The number of ether oxygens (including phenoxy) is 1. The van der Waals surface area contributed by atoms with Crippen molar-refractivity contribution in [2.75, 3.05) is 7.11 Å². The number of nitrogens with zero attached hydrogens (tertiary/aromatic N) is 2. The maximum Gasteiger partial charge on any atom is 0.269 e. The molecule has 2 amide bonds. The summed E-state index contributed by atoms with van der Waals surface area (Å²) >= 11 is 0. The highest BCUT2D eigenvalue weighted by Crippen LogP contribution is 2.20. The summed E-state index contributed by atoms with van der Waals surface area (Å²) in [7, 11) is 1.60. The zero-order valence-corrected chi connectivity index (χ0v) is 17.0. The number of hydrogen-bond acceptors (Lipinski definition) is 6. The molecule has 30 heavy (non-hydrogen) atoms. The highest BCUT2D eigenvalue weighted by molar-refractivity contribution is 5.95. The minimum Gasteiger partial charge on any atom is -0.497 e. The summed E-state index contributed by atoms with van der Waals surface area (Å²) in [6.07, 6.45) is 2.09. The van der Waals surface area contributed by atoms with E-state index < -0.39 is 0 Å². The van der Waals surface area contributed by atoms with Crippen molar-refractivity contribution in [1.82, 2.24) is 21.0 Å². The molecule has 0 atom stereocenters. The standard InChI is InChI=1S/C22H24N4O4/c1-3-15-7-9-17(10-8-15)22(28)25-24-19(27)5-4-6-20-23-21(26-30-20)16-11-13-18(29-2)14-12-16/h7-14H,3-6H2,1-2H3,(H,24,27)(H,25,28). The summed E-state index contributed by atoms with van der Waals surface area (Å²) in [4.78, 5) is 28.3. The Morgan fingerprint density at radius 1 is 1.03 bits per heavy atom. The second kappa shape index (κ2) is 10.2. The number of aryl methyl sites for hydroxylation is 2. The molecule has 8 heteroatoms. The van der Waals surface area contributed by atoms with E-state index in [9.17, 15) is 9.59 Å². The second-order valence-corrected chi connectivity index (χ2v) is 6.65. The SMILES string of the molecule is CCc1ccc(C(=O)NNC(=O)CCCc2nc(-c3ccc(OC)cc3)no2)cc1. The highest BCUT2D eigenvalue weighted by Gasteiger charge is 2.11. The average molecular weight is 408 g/mol. The Balaban J connectivity index is 1.41. The van der Waals surface area contributed by atoms with Gasteiger partial charge in [-0.05, 0) is 54.8 Å². The molecule has 0 radical (unpaired) electrons. The predicted octanol–water partition coefficient (Wildman–Crippen LogP) is 3.09. The molecule has 1 aromatic heterocycles. The Morgan fingerprint density at radius 2 is 1.77 bits per heavy atom. The molecule has 1 heterocycles. The molecule has 2 N–H and O–H groups in total. The van der Waals surface area contributed by atoms with Gasteiger partial charge in [-0.1, -0.05) is 24.2 Å². The lowest BCUT2D eigenvalue weighted by atomic mass is 10.1. The summed E-state index contributed by atoms with van der Waals surface area (Å²) in [6.45, 7) is 2.05. The summed E-state index contributed by atoms with van der Waals surface area (Å²) < 4.78 is 10.4. The number of methoxy groups -OCH3 is 1. The topological polar surface area (TPSA) is 106 Å². The van der Waals surface area contributed by atoms with E-state index in [0.717, 1.165) is 23.3 Å². The van der Waals surface area contributed by atoms with E-state index in [1.807, 2.05) is 43.3 Å². The van der Waals surface area contributed by atoms with E-state index in [1.165, 1.54) is 0 Å². The molecule has 156 valence electrons. The molecule has 0 bridgehead atoms. The zero-order chi connectivity index (χ0) is 21.3. The van der Waals surface area contributed by atoms with Gasteiger partial charge in [0.2, 0.25) is 17.6 Å². The van der Waals surface area contributed by atoms with E-state index in [2.05, 4.69) is 21.0 Å². The van der Waals surface area contributed by atoms with Crippen molar-refractivity contribution in [2.45, 2.75) is 32.6 Å². The van der Waals surface area contributed by atoms with E-state index >= 15 is 0 Å². The van der Waals surface area contributed by atoms with Crippen LogP contribution in [0.5, 0.6) is 5.75 Å². The first-order chi connectivity index (χ1) is 14.6. The lowest BCUT2D eigenvalue weighted by molar-refractivity contribution is -0.121. The molecule has 0 aliphatic rings. The van der Waals surface area contributed by atoms with Crippen LogP contribution in [0.4, 0.5) is 0 Å². The number of carbonyl (C=O) groups is 2. The van der Waals surface area contributed by atoms with Gasteiger partial charge in [0.25, 0.3) is 5.91 Å². The molecule has 0 aliphatic carbocycles. The molecular formula is C22H24N4O4. The van der Waals surface area contributed by atoms with Gasteiger partial charge in [0.1, 0.15) is 5.75 Å². The van der Waals surface area contributed by atoms with Crippen LogP contribution < -0.4 is 15.6 Å². The van der Waals surface area contributed by atoms with Crippen LogP contribution in [-0.4, -0.2) is 29.1 Å². The molecular weight excluding hydrogens is 384 g/mol. The number of carbonyl (C=O) groups excluding carboxylic acids is 2. The van der Waals surface area contributed by atoms with Crippen molar-refractivity contribution in [3.8, 4) is 17.1 Å². The monoisotopic (exact) mass is 408 g/mol. The van der Waals surface area contributed by atoms with Crippen molar-refractivity contribution in [2.24, 2.45) is 0 Å². The van der Waals surface area contributed by atoms with E-state index in [1.54, 1.807) is 19.2 Å². The minimum absolute atomic E-state index is 0.218. The van der Waals surface area contributed by atoms with Gasteiger partial charge in [-0.25, -0.2) is 0 Å². The van der Waals surface area contributed by atoms with Crippen molar-refractivity contribution in [3.05, 3.63) is 65.5 Å². The number of nitrogens with one attached hydrogen (secondary N) is 2. The van der Waals surface area contributed by atoms with Gasteiger partial charge in [0.05, 0.1) is 7.11 Å². The smallest absolute Gasteiger partial charge is 0.269 e. The highest BCUT2D eigenvalue weighted by atomic mass is 16.5. The fourth-order valence-electron chi connectivity index (χ4n) is 2.77. The van der Waals surface area contributed by atoms with Crippen LogP contribution in [0, 0.1) is 0 Å². The normalized spacial score (nSPS) is 10.5. The van der Waals surface area contributed by atoms with Crippen LogP contribution in [0.3, 0.4) is 0 Å². The quantitative estimate of drug-likeness (QED) is 0.555. The minimum atomic E-state index is -0.355. The number of amides is 2. The van der Waals surface area contributed by atoms with Crippen LogP contribution in [-0.2, 0) is 17.6 Å². The maximum absolute atomic E-state index is 12.1. The van der Waals surface area contributed by atoms with Gasteiger partial charge in [0, 0.05) is 24.0 Å². The van der Waals surface area contributed by atoms with Gasteiger partial charge in [-0.2, -0.15) is 4.98 Å². The van der Waals surface area contributed by atoms with Gasteiger partial charge in [-0.3, -0.25) is 20.4 Å². The first kappa shape index (κ1) is 21.0. The summed E-state index contributed by atoms with van der Waals surface area (Å²) in [5.41, 5.74) is 7.29. The van der Waals surface area contributed by atoms with Crippen molar-refractivity contribution in [3.63, 3.8) is 0 Å². The number of hydrazine groups is 1. The molecule has 3 aromatic rings. The first-order valence-electron chi connectivity index (χ1n) is 9.74. The molecule has 3 rings (SSSR count). The maximum atomic E-state index is 12.1. The third kappa shape index (κ3) is 5.66. The Bertz CT molecular complexity index is 981. The van der Waals surface area contributed by atoms with Gasteiger partial charge >= 0.3 is 0 Å². The lowest BCUT2D eigenvalue weighted by Crippen LogP contribution is -2.41. The van der Waals surface area contributed by atoms with E-state index in [-0.39, 0.29) is 18.2 Å². The van der Waals surface area contributed by atoms with Crippen LogP contribution >= 0.6 is 0 Å². The Morgan fingerprint density at radius 3 is 2.43 bits per heavy atom. The number of aromatic nitrogens is 2. The van der Waals surface area contributed by atoms with Crippen LogP contribution in [0.25, 0.3) is 11.4 Å². The molecule has 0 saturated heterocycles. The van der Waals surface area contributed by atoms with Gasteiger partial charge in [-0.15, -0.1) is 0 Å². The largest absolute Gasteiger partial charge is 0.497 e. The second-order valence-electron chi connectivity index (χ2n) is 6.65. The van der Waals surface area contributed by atoms with Crippen LogP contribution in [0.2, 0.25) is 0 Å². The molecule has 0 spiro atoms. The van der Waals surface area contributed by atoms with Crippen molar-refractivity contribution in [1.29, 1.82) is 0 Å². The summed E-state index contributed by atoms with van der Waals surface area (Å²) in [5.74, 6) is 1.04. The molecule has 8 nitrogen and oxygen atoms in total. The first-order valence-corrected chi connectivity index (χ1v) is 9.74. The van der Waals surface area contributed by atoms with E-state index in [0.29, 0.717) is 30.1 Å². The van der Waals surface area contributed by atoms with Crippen LogP contribution in [0.15, 0.2) is 53.1 Å². The fourth-order valence-corrected chi connectivity index (χ4v) is 2.77. The predicted molar refractivity (Wildman–Crippen MR) is 111 cm³/mol. The third-order valence-corrected chi connectivity index (χ3v) is 4.55. The molecule has 0 aliphatic heterocycles. The molecule has 0 unspecified atom stereocenters. The number of benzene rings is 2. The van der Waals surface area contributed by atoms with Gasteiger partial charge in [0.15, 0.2) is 0 Å². The third-order valence-electron chi connectivity index (χ3n) is 4.55. The summed E-state index contributed by atoms with van der Waals surface area (Å²) in [6, 6.07) is 14.6. The zero-order valence-electron chi connectivity index (χ0n) is 17.0. The number of rotatable bonds is 8. The lowest BCUT2D eigenvalue weighted by Gasteiger charge is -2.07.